The quantitative estimate of drug-likeness (QED) is 0.698. The largest absolute Gasteiger partial charge is 0.452 e. The number of aromatic amines is 1. The predicted octanol–water partition coefficient (Wildman–Crippen LogP) is 0.520. The first-order chi connectivity index (χ1) is 9.08. The molecular formula is C12H11N3O4. The second kappa shape index (κ2) is 5.21. The Bertz CT molecular complexity index is 647. The molecule has 0 aliphatic heterocycles. The van der Waals surface area contributed by atoms with E-state index in [9.17, 15) is 14.4 Å². The van der Waals surface area contributed by atoms with Crippen LogP contribution in [0.3, 0.4) is 0 Å². The number of para-hydroxylation sites is 1. The van der Waals surface area contributed by atoms with E-state index in [0.29, 0.717) is 10.9 Å². The van der Waals surface area contributed by atoms with Crippen LogP contribution in [0.1, 0.15) is 10.4 Å². The summed E-state index contributed by atoms with van der Waals surface area (Å²) in [5.41, 5.74) is 5.86. The monoisotopic (exact) mass is 261 g/mol. The summed E-state index contributed by atoms with van der Waals surface area (Å²) < 4.78 is 4.78. The topological polar surface area (TPSA) is 114 Å². The Balaban J connectivity index is 2.04. The van der Waals surface area contributed by atoms with Gasteiger partial charge < -0.3 is 15.5 Å². The van der Waals surface area contributed by atoms with Gasteiger partial charge in [-0.25, -0.2) is 9.59 Å². The molecule has 0 saturated heterocycles. The molecule has 7 nitrogen and oxygen atoms in total. The minimum absolute atomic E-state index is 0.322. The number of hydrogen-bond acceptors (Lipinski definition) is 4. The first-order valence-electron chi connectivity index (χ1n) is 5.40. The van der Waals surface area contributed by atoms with Gasteiger partial charge in [-0.2, -0.15) is 0 Å². The molecule has 0 radical (unpaired) electrons. The molecule has 1 aromatic carbocycles. The third kappa shape index (κ3) is 2.89. The maximum absolute atomic E-state index is 11.8. The van der Waals surface area contributed by atoms with Crippen LogP contribution in [-0.4, -0.2) is 29.5 Å². The standard InChI is InChI=1S/C12H11N3O4/c13-12(18)15-10(16)6-19-11(17)8-5-14-9-4-2-1-3-7(8)9/h1-5,14H,6H2,(H3,13,15,16,18). The molecule has 0 spiro atoms. The minimum Gasteiger partial charge on any atom is -0.452 e. The molecule has 0 saturated carbocycles. The number of ether oxygens (including phenoxy) is 1. The number of H-pyrrole nitrogens is 1. The number of nitrogens with two attached hydrogens (primary N) is 1. The molecule has 1 aromatic heterocycles. The molecule has 0 unspecified atom stereocenters. The van der Waals surface area contributed by atoms with E-state index in [1.165, 1.54) is 6.20 Å². The van der Waals surface area contributed by atoms with Crippen molar-refractivity contribution >= 4 is 28.8 Å². The van der Waals surface area contributed by atoms with E-state index in [1.54, 1.807) is 17.4 Å². The van der Waals surface area contributed by atoms with Crippen molar-refractivity contribution in [3.63, 3.8) is 0 Å². The highest BCUT2D eigenvalue weighted by atomic mass is 16.5. The number of carbonyl (C=O) groups is 3. The molecule has 0 bridgehead atoms. The lowest BCUT2D eigenvalue weighted by Gasteiger charge is -2.03. The van der Waals surface area contributed by atoms with Gasteiger partial charge in [-0.1, -0.05) is 18.2 Å². The van der Waals surface area contributed by atoms with Crippen molar-refractivity contribution in [3.05, 3.63) is 36.0 Å². The van der Waals surface area contributed by atoms with Gasteiger partial charge in [-0.3, -0.25) is 10.1 Å². The summed E-state index contributed by atoms with van der Waals surface area (Å²) in [5.74, 6) is -1.43. The van der Waals surface area contributed by atoms with E-state index >= 15 is 0 Å². The summed E-state index contributed by atoms with van der Waals surface area (Å²) in [7, 11) is 0. The summed E-state index contributed by atoms with van der Waals surface area (Å²) >= 11 is 0. The van der Waals surface area contributed by atoms with Crippen LogP contribution in [0.2, 0.25) is 0 Å². The van der Waals surface area contributed by atoms with E-state index in [4.69, 9.17) is 10.5 Å². The first kappa shape index (κ1) is 12.6. The molecule has 4 N–H and O–H groups in total. The Morgan fingerprint density at radius 2 is 2.00 bits per heavy atom. The molecule has 2 rings (SSSR count). The number of primary amides is 1. The Hall–Kier alpha value is -2.83. The van der Waals surface area contributed by atoms with Crippen LogP contribution in [0.15, 0.2) is 30.5 Å². The maximum Gasteiger partial charge on any atom is 0.340 e. The molecule has 0 aliphatic carbocycles. The van der Waals surface area contributed by atoms with Crippen LogP contribution in [0.4, 0.5) is 4.79 Å². The minimum atomic E-state index is -0.992. The number of urea groups is 1. The first-order valence-corrected chi connectivity index (χ1v) is 5.40. The van der Waals surface area contributed by atoms with Crippen molar-refractivity contribution in [2.75, 3.05) is 6.61 Å². The van der Waals surface area contributed by atoms with E-state index in [-0.39, 0.29) is 0 Å². The molecule has 3 amide bonds. The van der Waals surface area contributed by atoms with Crippen LogP contribution >= 0.6 is 0 Å². The fourth-order valence-electron chi connectivity index (χ4n) is 1.62. The van der Waals surface area contributed by atoms with Crippen molar-refractivity contribution in [1.82, 2.24) is 10.3 Å². The Kier molecular flexibility index (Phi) is 3.46. The van der Waals surface area contributed by atoms with Crippen molar-refractivity contribution < 1.29 is 19.1 Å². The zero-order chi connectivity index (χ0) is 13.8. The van der Waals surface area contributed by atoms with Gasteiger partial charge in [-0.05, 0) is 6.07 Å². The number of rotatable bonds is 3. The molecule has 0 fully saturated rings. The van der Waals surface area contributed by atoms with E-state index < -0.39 is 24.5 Å². The highest BCUT2D eigenvalue weighted by Gasteiger charge is 2.15. The zero-order valence-corrected chi connectivity index (χ0v) is 9.80. The zero-order valence-electron chi connectivity index (χ0n) is 9.80. The van der Waals surface area contributed by atoms with Gasteiger partial charge in [0.05, 0.1) is 5.56 Å². The van der Waals surface area contributed by atoms with Gasteiger partial charge in [0, 0.05) is 17.1 Å². The van der Waals surface area contributed by atoms with Crippen molar-refractivity contribution in [2.45, 2.75) is 0 Å². The molecule has 0 aliphatic rings. The smallest absolute Gasteiger partial charge is 0.340 e. The molecule has 98 valence electrons. The van der Waals surface area contributed by atoms with Crippen molar-refractivity contribution in [1.29, 1.82) is 0 Å². The lowest BCUT2D eigenvalue weighted by atomic mass is 10.2. The van der Waals surface area contributed by atoms with Crippen molar-refractivity contribution in [2.24, 2.45) is 5.73 Å². The van der Waals surface area contributed by atoms with Gasteiger partial charge in [0.15, 0.2) is 6.61 Å². The number of fused-ring (bicyclic) bond motifs is 1. The van der Waals surface area contributed by atoms with E-state index in [0.717, 1.165) is 5.52 Å². The lowest BCUT2D eigenvalue weighted by molar-refractivity contribution is -0.123. The Labute approximate surface area is 107 Å². The maximum atomic E-state index is 11.8. The van der Waals surface area contributed by atoms with Crippen LogP contribution < -0.4 is 11.1 Å². The predicted molar refractivity (Wildman–Crippen MR) is 66.3 cm³/mol. The van der Waals surface area contributed by atoms with Crippen LogP contribution in [0.25, 0.3) is 10.9 Å². The molecule has 1 heterocycles. The van der Waals surface area contributed by atoms with Crippen LogP contribution in [0.5, 0.6) is 0 Å². The second-order valence-corrected chi connectivity index (χ2v) is 3.74. The van der Waals surface area contributed by atoms with Gasteiger partial charge in [-0.15, -0.1) is 0 Å². The van der Waals surface area contributed by atoms with Crippen LogP contribution in [-0.2, 0) is 9.53 Å². The number of imide groups is 1. The average molecular weight is 261 g/mol. The molecule has 0 atom stereocenters. The highest BCUT2D eigenvalue weighted by Crippen LogP contribution is 2.18. The lowest BCUT2D eigenvalue weighted by Crippen LogP contribution is -2.37. The van der Waals surface area contributed by atoms with Crippen LogP contribution in [0, 0.1) is 0 Å². The summed E-state index contributed by atoms with van der Waals surface area (Å²) in [6.07, 6.45) is 1.50. The summed E-state index contributed by atoms with van der Waals surface area (Å²) in [6.45, 7) is -0.568. The average Bonchev–Trinajstić information content (AvgIpc) is 2.79. The molecule has 7 heteroatoms. The second-order valence-electron chi connectivity index (χ2n) is 3.74. The number of esters is 1. The number of nitrogens with one attached hydrogen (secondary N) is 2. The Morgan fingerprint density at radius 1 is 1.26 bits per heavy atom. The van der Waals surface area contributed by atoms with E-state index in [2.05, 4.69) is 4.98 Å². The van der Waals surface area contributed by atoms with Gasteiger partial charge >= 0.3 is 12.0 Å². The number of aromatic nitrogens is 1. The third-order valence-corrected chi connectivity index (χ3v) is 2.41. The summed E-state index contributed by atoms with van der Waals surface area (Å²) in [4.78, 5) is 36.2. The number of carbonyl (C=O) groups excluding carboxylic acids is 3. The fourth-order valence-corrected chi connectivity index (χ4v) is 1.62. The van der Waals surface area contributed by atoms with Gasteiger partial charge in [0.25, 0.3) is 5.91 Å². The highest BCUT2D eigenvalue weighted by molar-refractivity contribution is 6.04. The molecular weight excluding hydrogens is 250 g/mol. The SMILES string of the molecule is NC(=O)NC(=O)COC(=O)c1c[nH]c2ccccc12. The summed E-state index contributed by atoms with van der Waals surface area (Å²) in [5, 5.41) is 2.49. The number of benzene rings is 1. The molecule has 19 heavy (non-hydrogen) atoms. The number of hydrogen-bond donors (Lipinski definition) is 3. The van der Waals surface area contributed by atoms with E-state index in [1.807, 2.05) is 12.1 Å². The molecule has 2 aromatic rings. The van der Waals surface area contributed by atoms with Crippen molar-refractivity contribution in [3.8, 4) is 0 Å². The van der Waals surface area contributed by atoms with Gasteiger partial charge in [0.1, 0.15) is 0 Å². The normalized spacial score (nSPS) is 10.1. The summed E-state index contributed by atoms with van der Waals surface area (Å²) in [6, 6.07) is 6.19. The fraction of sp³-hybridized carbons (Fsp3) is 0.0833. The third-order valence-electron chi connectivity index (χ3n) is 2.41. The van der Waals surface area contributed by atoms with Gasteiger partial charge in [0.2, 0.25) is 0 Å². The number of amides is 3. The Morgan fingerprint density at radius 3 is 2.74 bits per heavy atom.